The van der Waals surface area contributed by atoms with Crippen LogP contribution in [0.4, 0.5) is 4.39 Å². The van der Waals surface area contributed by atoms with Crippen molar-refractivity contribution >= 4 is 9.24 Å². The Hall–Kier alpha value is -0.420. The molecule has 4 atom stereocenters. The van der Waals surface area contributed by atoms with E-state index in [1.54, 1.807) is 0 Å². The van der Waals surface area contributed by atoms with E-state index < -0.39 is 0 Å². The number of fused-ring (bicyclic) bond motifs is 2. The van der Waals surface area contributed by atoms with Crippen molar-refractivity contribution in [3.63, 3.8) is 0 Å². The van der Waals surface area contributed by atoms with Crippen molar-refractivity contribution in [2.24, 2.45) is 17.8 Å². The molecular formula is C12H16FP. The van der Waals surface area contributed by atoms with Crippen LogP contribution in [0.3, 0.4) is 0 Å². The van der Waals surface area contributed by atoms with E-state index in [2.05, 4.69) is 28.0 Å². The van der Waals surface area contributed by atoms with Crippen LogP contribution in [-0.4, -0.2) is 0 Å². The van der Waals surface area contributed by atoms with Crippen molar-refractivity contribution in [3.05, 3.63) is 35.9 Å². The van der Waals surface area contributed by atoms with Gasteiger partial charge in [0.1, 0.15) is 0 Å². The van der Waals surface area contributed by atoms with Crippen molar-refractivity contribution in [3.8, 4) is 0 Å². The van der Waals surface area contributed by atoms with Gasteiger partial charge in [-0.2, -0.15) is 0 Å². The van der Waals surface area contributed by atoms with Crippen LogP contribution in [0.25, 0.3) is 0 Å². The monoisotopic (exact) mass is 210 g/mol. The molecule has 2 aliphatic carbocycles. The Labute approximate surface area is 87.2 Å². The standard InChI is InChI=1S/C12H16FP/c1-8(14)12(7-13)6-11-5-9-2-3-10(11)4-9/h2-3,7,9-11H,1,4-6,14H2/b12-7+. The third kappa shape index (κ3) is 1.83. The summed E-state index contributed by atoms with van der Waals surface area (Å²) < 4.78 is 12.5. The smallest absolute Gasteiger partial charge is 0.0904 e. The molecular weight excluding hydrogens is 194 g/mol. The lowest BCUT2D eigenvalue weighted by atomic mass is 9.88. The lowest BCUT2D eigenvalue weighted by Crippen LogP contribution is -2.07. The summed E-state index contributed by atoms with van der Waals surface area (Å²) in [5, 5.41) is 0.791. The zero-order chi connectivity index (χ0) is 10.1. The molecule has 1 saturated carbocycles. The molecule has 0 nitrogen and oxygen atoms in total. The molecule has 0 spiro atoms. The molecule has 0 N–H and O–H groups in total. The molecule has 0 heterocycles. The molecule has 0 aromatic carbocycles. The largest absolute Gasteiger partial charge is 0.215 e. The Kier molecular flexibility index (Phi) is 2.88. The predicted molar refractivity (Wildman–Crippen MR) is 61.5 cm³/mol. The fourth-order valence-corrected chi connectivity index (χ4v) is 2.84. The van der Waals surface area contributed by atoms with Gasteiger partial charge in [-0.1, -0.05) is 18.7 Å². The fraction of sp³-hybridized carbons (Fsp3) is 0.500. The number of rotatable bonds is 3. The summed E-state index contributed by atoms with van der Waals surface area (Å²) in [6.07, 6.45) is 8.70. The highest BCUT2D eigenvalue weighted by molar-refractivity contribution is 7.23. The van der Waals surface area contributed by atoms with E-state index in [0.717, 1.165) is 23.2 Å². The van der Waals surface area contributed by atoms with Gasteiger partial charge in [0.05, 0.1) is 6.33 Å². The second kappa shape index (κ2) is 3.98. The molecule has 2 aliphatic rings. The van der Waals surface area contributed by atoms with Gasteiger partial charge in [-0.05, 0) is 47.9 Å². The molecule has 0 amide bonds. The van der Waals surface area contributed by atoms with Crippen LogP contribution in [0, 0.1) is 17.8 Å². The van der Waals surface area contributed by atoms with Gasteiger partial charge in [0.25, 0.3) is 0 Å². The zero-order valence-electron chi connectivity index (χ0n) is 8.25. The molecule has 4 unspecified atom stereocenters. The zero-order valence-corrected chi connectivity index (χ0v) is 9.40. The number of hydrogen-bond acceptors (Lipinski definition) is 0. The summed E-state index contributed by atoms with van der Waals surface area (Å²) in [5.41, 5.74) is 0.765. The maximum Gasteiger partial charge on any atom is 0.0904 e. The first-order chi connectivity index (χ1) is 6.70. The second-order valence-corrected chi connectivity index (χ2v) is 5.10. The van der Waals surface area contributed by atoms with Crippen LogP contribution >= 0.6 is 9.24 Å². The van der Waals surface area contributed by atoms with Crippen LogP contribution in [0.1, 0.15) is 19.3 Å². The minimum Gasteiger partial charge on any atom is -0.215 e. The van der Waals surface area contributed by atoms with Gasteiger partial charge in [-0.25, -0.2) is 4.39 Å². The summed E-state index contributed by atoms with van der Waals surface area (Å²) in [4.78, 5) is 0. The van der Waals surface area contributed by atoms with Gasteiger partial charge in [0, 0.05) is 0 Å². The van der Waals surface area contributed by atoms with Crippen molar-refractivity contribution in [2.45, 2.75) is 19.3 Å². The van der Waals surface area contributed by atoms with E-state index in [1.807, 2.05) is 0 Å². The van der Waals surface area contributed by atoms with Crippen LogP contribution in [0.5, 0.6) is 0 Å². The minimum atomic E-state index is 0.643. The molecule has 76 valence electrons. The van der Waals surface area contributed by atoms with Crippen LogP contribution < -0.4 is 0 Å². The van der Waals surface area contributed by atoms with Crippen molar-refractivity contribution in [1.82, 2.24) is 0 Å². The third-order valence-electron chi connectivity index (χ3n) is 3.44. The molecule has 14 heavy (non-hydrogen) atoms. The van der Waals surface area contributed by atoms with E-state index in [0.29, 0.717) is 18.2 Å². The molecule has 0 saturated heterocycles. The maximum absolute atomic E-state index is 12.5. The van der Waals surface area contributed by atoms with Gasteiger partial charge >= 0.3 is 0 Å². The first-order valence-corrected chi connectivity index (χ1v) is 5.70. The van der Waals surface area contributed by atoms with E-state index in [9.17, 15) is 4.39 Å². The normalized spacial score (nSPS) is 35.3. The Balaban J connectivity index is 1.99. The first-order valence-electron chi connectivity index (χ1n) is 5.13. The predicted octanol–water partition coefficient (Wildman–Crippen LogP) is 3.83. The summed E-state index contributed by atoms with van der Waals surface area (Å²) in [7, 11) is 2.49. The van der Waals surface area contributed by atoms with Crippen LogP contribution in [0.2, 0.25) is 0 Å². The quantitative estimate of drug-likeness (QED) is 0.377. The molecule has 0 aliphatic heterocycles. The van der Waals surface area contributed by atoms with E-state index in [-0.39, 0.29) is 0 Å². The van der Waals surface area contributed by atoms with Crippen LogP contribution in [-0.2, 0) is 0 Å². The Morgan fingerprint density at radius 3 is 2.71 bits per heavy atom. The van der Waals surface area contributed by atoms with E-state index in [1.165, 1.54) is 12.8 Å². The fourth-order valence-electron chi connectivity index (χ4n) is 2.66. The lowest BCUT2D eigenvalue weighted by Gasteiger charge is -2.19. The van der Waals surface area contributed by atoms with Gasteiger partial charge in [0.2, 0.25) is 0 Å². The van der Waals surface area contributed by atoms with E-state index in [4.69, 9.17) is 0 Å². The highest BCUT2D eigenvalue weighted by atomic mass is 31.0. The summed E-state index contributed by atoms with van der Waals surface area (Å²) >= 11 is 0. The van der Waals surface area contributed by atoms with Crippen molar-refractivity contribution < 1.29 is 4.39 Å². The minimum absolute atomic E-state index is 0.643. The summed E-state index contributed by atoms with van der Waals surface area (Å²) in [6.45, 7) is 3.77. The highest BCUT2D eigenvalue weighted by Gasteiger charge is 2.35. The number of halogens is 1. The Bertz CT molecular complexity index is 303. The number of allylic oxidation sites excluding steroid dienone is 4. The third-order valence-corrected chi connectivity index (χ3v) is 3.81. The molecule has 1 fully saturated rings. The second-order valence-electron chi connectivity index (χ2n) is 4.40. The van der Waals surface area contributed by atoms with Gasteiger partial charge < -0.3 is 0 Å². The topological polar surface area (TPSA) is 0 Å². The summed E-state index contributed by atoms with van der Waals surface area (Å²) in [6, 6.07) is 0. The van der Waals surface area contributed by atoms with Gasteiger partial charge in [-0.3, -0.25) is 0 Å². The first kappa shape index (κ1) is 10.1. The maximum atomic E-state index is 12.5. The molecule has 0 aromatic heterocycles. The van der Waals surface area contributed by atoms with Gasteiger partial charge in [0.15, 0.2) is 0 Å². The molecule has 0 radical (unpaired) electrons. The van der Waals surface area contributed by atoms with Crippen molar-refractivity contribution in [1.29, 1.82) is 0 Å². The lowest BCUT2D eigenvalue weighted by molar-refractivity contribution is 0.444. The van der Waals surface area contributed by atoms with Crippen LogP contribution in [0.15, 0.2) is 35.9 Å². The Morgan fingerprint density at radius 2 is 2.29 bits per heavy atom. The number of hydrogen-bond donors (Lipinski definition) is 0. The molecule has 2 rings (SSSR count). The molecule has 2 heteroatoms. The highest BCUT2D eigenvalue weighted by Crippen LogP contribution is 2.46. The Morgan fingerprint density at radius 1 is 1.50 bits per heavy atom. The SMILES string of the molecule is C=C(P)/C(=C/F)CC1CC2C=CC1C2. The van der Waals surface area contributed by atoms with E-state index >= 15 is 0 Å². The average molecular weight is 210 g/mol. The van der Waals surface area contributed by atoms with Gasteiger partial charge in [-0.15, -0.1) is 9.24 Å². The average Bonchev–Trinajstić information content (AvgIpc) is 2.74. The summed E-state index contributed by atoms with van der Waals surface area (Å²) in [5.74, 6) is 2.10. The molecule has 2 bridgehead atoms. The molecule has 0 aromatic rings. The van der Waals surface area contributed by atoms with Crippen molar-refractivity contribution in [2.75, 3.05) is 0 Å².